The van der Waals surface area contributed by atoms with Gasteiger partial charge in [0.25, 0.3) is 0 Å². The Balaban J connectivity index is 1.60. The van der Waals surface area contributed by atoms with Crippen molar-refractivity contribution in [3.05, 3.63) is 60.4 Å². The standard InChI is InChI=1S/C18H19N5OS/c1-2-23-17(15-8-4-3-5-9-15)21-22-18(23)25-13-16(24)20-12-14-7-6-10-19-11-14/h3-11H,2,12-13H2,1H3,(H,20,24). The number of rotatable bonds is 7. The number of hydrogen-bond donors (Lipinski definition) is 1. The first kappa shape index (κ1) is 17.2. The van der Waals surface area contributed by atoms with Gasteiger partial charge in [0.2, 0.25) is 5.91 Å². The molecule has 0 bridgehead atoms. The highest BCUT2D eigenvalue weighted by Crippen LogP contribution is 2.23. The lowest BCUT2D eigenvalue weighted by Crippen LogP contribution is -2.24. The second-order valence-electron chi connectivity index (χ2n) is 5.34. The SMILES string of the molecule is CCn1c(SCC(=O)NCc2cccnc2)nnc1-c1ccccc1. The molecule has 128 valence electrons. The van der Waals surface area contributed by atoms with E-state index >= 15 is 0 Å². The van der Waals surface area contributed by atoms with Gasteiger partial charge >= 0.3 is 0 Å². The van der Waals surface area contributed by atoms with E-state index < -0.39 is 0 Å². The second-order valence-corrected chi connectivity index (χ2v) is 6.29. The molecule has 6 nitrogen and oxygen atoms in total. The molecule has 0 radical (unpaired) electrons. The van der Waals surface area contributed by atoms with Crippen molar-refractivity contribution in [2.45, 2.75) is 25.2 Å². The van der Waals surface area contributed by atoms with Gasteiger partial charge in [-0.1, -0.05) is 48.2 Å². The van der Waals surface area contributed by atoms with Gasteiger partial charge in [-0.25, -0.2) is 0 Å². The fourth-order valence-corrected chi connectivity index (χ4v) is 3.20. The lowest BCUT2D eigenvalue weighted by atomic mass is 10.2. The number of benzene rings is 1. The summed E-state index contributed by atoms with van der Waals surface area (Å²) in [6.07, 6.45) is 3.45. The van der Waals surface area contributed by atoms with Gasteiger partial charge in [-0.15, -0.1) is 10.2 Å². The molecule has 0 saturated heterocycles. The van der Waals surface area contributed by atoms with Crippen LogP contribution < -0.4 is 5.32 Å². The Bertz CT molecular complexity index is 820. The maximum atomic E-state index is 12.1. The molecule has 0 aliphatic rings. The van der Waals surface area contributed by atoms with Crippen molar-refractivity contribution in [1.82, 2.24) is 25.1 Å². The smallest absolute Gasteiger partial charge is 0.230 e. The molecule has 1 aromatic carbocycles. The molecular formula is C18H19N5OS. The van der Waals surface area contributed by atoms with Crippen LogP contribution in [0.2, 0.25) is 0 Å². The Morgan fingerprint density at radius 2 is 2.00 bits per heavy atom. The van der Waals surface area contributed by atoms with Crippen LogP contribution in [0.25, 0.3) is 11.4 Å². The minimum atomic E-state index is -0.0410. The molecule has 2 heterocycles. The third-order valence-corrected chi connectivity index (χ3v) is 4.58. The first-order valence-corrected chi connectivity index (χ1v) is 9.03. The molecule has 0 unspecified atom stereocenters. The zero-order valence-electron chi connectivity index (χ0n) is 13.9. The molecule has 7 heteroatoms. The monoisotopic (exact) mass is 353 g/mol. The van der Waals surface area contributed by atoms with E-state index in [0.717, 1.165) is 28.7 Å². The highest BCUT2D eigenvalue weighted by Gasteiger charge is 2.14. The van der Waals surface area contributed by atoms with Crippen LogP contribution in [-0.2, 0) is 17.9 Å². The minimum absolute atomic E-state index is 0.0410. The predicted octanol–water partition coefficient (Wildman–Crippen LogP) is 2.77. The fraction of sp³-hybridized carbons (Fsp3) is 0.222. The van der Waals surface area contributed by atoms with E-state index in [1.54, 1.807) is 12.4 Å². The van der Waals surface area contributed by atoms with Gasteiger partial charge in [0.15, 0.2) is 11.0 Å². The van der Waals surface area contributed by atoms with Crippen molar-refractivity contribution in [2.24, 2.45) is 0 Å². The highest BCUT2D eigenvalue weighted by molar-refractivity contribution is 7.99. The zero-order chi connectivity index (χ0) is 17.5. The van der Waals surface area contributed by atoms with Gasteiger partial charge in [0, 0.05) is 31.0 Å². The Hall–Kier alpha value is -2.67. The predicted molar refractivity (Wildman–Crippen MR) is 97.9 cm³/mol. The van der Waals surface area contributed by atoms with E-state index in [1.165, 1.54) is 11.8 Å². The number of pyridine rings is 1. The molecule has 0 fully saturated rings. The quantitative estimate of drug-likeness (QED) is 0.661. The van der Waals surface area contributed by atoms with E-state index in [0.29, 0.717) is 12.3 Å². The molecule has 1 N–H and O–H groups in total. The average Bonchev–Trinajstić information content (AvgIpc) is 3.09. The number of carbonyl (C=O) groups is 1. The minimum Gasteiger partial charge on any atom is -0.351 e. The Morgan fingerprint density at radius 3 is 2.72 bits per heavy atom. The van der Waals surface area contributed by atoms with Crippen molar-refractivity contribution < 1.29 is 4.79 Å². The summed E-state index contributed by atoms with van der Waals surface area (Å²) in [6, 6.07) is 13.7. The molecule has 0 saturated carbocycles. The summed E-state index contributed by atoms with van der Waals surface area (Å²) < 4.78 is 2.02. The summed E-state index contributed by atoms with van der Waals surface area (Å²) in [7, 11) is 0. The van der Waals surface area contributed by atoms with Crippen molar-refractivity contribution in [1.29, 1.82) is 0 Å². The van der Waals surface area contributed by atoms with Crippen molar-refractivity contribution in [3.63, 3.8) is 0 Å². The molecule has 0 aliphatic carbocycles. The Kier molecular flexibility index (Phi) is 5.79. The molecular weight excluding hydrogens is 334 g/mol. The van der Waals surface area contributed by atoms with E-state index in [4.69, 9.17) is 0 Å². The lowest BCUT2D eigenvalue weighted by Gasteiger charge is -2.08. The molecule has 25 heavy (non-hydrogen) atoms. The molecule has 2 aromatic heterocycles. The van der Waals surface area contributed by atoms with Gasteiger partial charge in [-0.3, -0.25) is 9.78 Å². The van der Waals surface area contributed by atoms with Crippen LogP contribution in [0.5, 0.6) is 0 Å². The number of hydrogen-bond acceptors (Lipinski definition) is 5. The van der Waals surface area contributed by atoms with E-state index in [-0.39, 0.29) is 5.91 Å². The Labute approximate surface area is 150 Å². The number of nitrogens with one attached hydrogen (secondary N) is 1. The van der Waals surface area contributed by atoms with Crippen LogP contribution in [0.3, 0.4) is 0 Å². The van der Waals surface area contributed by atoms with Crippen LogP contribution >= 0.6 is 11.8 Å². The number of nitrogens with zero attached hydrogens (tertiary/aromatic N) is 4. The van der Waals surface area contributed by atoms with Crippen molar-refractivity contribution in [2.75, 3.05) is 5.75 Å². The molecule has 0 atom stereocenters. The third-order valence-electron chi connectivity index (χ3n) is 3.61. The first-order valence-electron chi connectivity index (χ1n) is 8.05. The number of thioether (sulfide) groups is 1. The van der Waals surface area contributed by atoms with E-state index in [1.807, 2.05) is 54.0 Å². The van der Waals surface area contributed by atoms with Gasteiger partial charge in [-0.2, -0.15) is 0 Å². The summed E-state index contributed by atoms with van der Waals surface area (Å²) >= 11 is 1.39. The van der Waals surface area contributed by atoms with Gasteiger partial charge in [0.1, 0.15) is 0 Å². The first-order chi connectivity index (χ1) is 12.3. The van der Waals surface area contributed by atoms with Crippen LogP contribution in [0.4, 0.5) is 0 Å². The zero-order valence-corrected chi connectivity index (χ0v) is 14.7. The van der Waals surface area contributed by atoms with Crippen molar-refractivity contribution in [3.8, 4) is 11.4 Å². The molecule has 3 rings (SSSR count). The highest BCUT2D eigenvalue weighted by atomic mass is 32.2. The van der Waals surface area contributed by atoms with Crippen LogP contribution in [0.15, 0.2) is 60.0 Å². The van der Waals surface area contributed by atoms with Gasteiger partial charge < -0.3 is 9.88 Å². The maximum absolute atomic E-state index is 12.1. The summed E-state index contributed by atoms with van der Waals surface area (Å²) in [4.78, 5) is 16.1. The van der Waals surface area contributed by atoms with Crippen LogP contribution in [0, 0.1) is 0 Å². The van der Waals surface area contributed by atoms with Crippen LogP contribution in [-0.4, -0.2) is 31.4 Å². The third kappa shape index (κ3) is 4.45. The summed E-state index contributed by atoms with van der Waals surface area (Å²) in [5.74, 6) is 1.08. The molecule has 1 amide bonds. The van der Waals surface area contributed by atoms with Gasteiger partial charge in [0.05, 0.1) is 5.75 Å². The summed E-state index contributed by atoms with van der Waals surface area (Å²) in [5, 5.41) is 12.2. The Morgan fingerprint density at radius 1 is 1.16 bits per heavy atom. The van der Waals surface area contributed by atoms with E-state index in [2.05, 4.69) is 20.5 Å². The van der Waals surface area contributed by atoms with Gasteiger partial charge in [-0.05, 0) is 18.6 Å². The fourth-order valence-electron chi connectivity index (χ4n) is 2.37. The lowest BCUT2D eigenvalue weighted by molar-refractivity contribution is -0.118. The number of aromatic nitrogens is 4. The number of carbonyl (C=O) groups excluding carboxylic acids is 1. The normalized spacial score (nSPS) is 10.6. The van der Waals surface area contributed by atoms with Crippen molar-refractivity contribution >= 4 is 17.7 Å². The molecule has 0 aliphatic heterocycles. The molecule has 3 aromatic rings. The second kappa shape index (κ2) is 8.43. The topological polar surface area (TPSA) is 72.7 Å². The average molecular weight is 353 g/mol. The maximum Gasteiger partial charge on any atom is 0.230 e. The van der Waals surface area contributed by atoms with Crippen LogP contribution in [0.1, 0.15) is 12.5 Å². The summed E-state index contributed by atoms with van der Waals surface area (Å²) in [5.41, 5.74) is 1.99. The largest absolute Gasteiger partial charge is 0.351 e. The molecule has 0 spiro atoms. The number of amides is 1. The van der Waals surface area contributed by atoms with E-state index in [9.17, 15) is 4.79 Å². The summed E-state index contributed by atoms with van der Waals surface area (Å²) in [6.45, 7) is 3.27.